The Morgan fingerprint density at radius 1 is 1.31 bits per heavy atom. The van der Waals surface area contributed by atoms with Gasteiger partial charge in [0.2, 0.25) is 0 Å². The van der Waals surface area contributed by atoms with E-state index in [0.29, 0.717) is 5.56 Å². The van der Waals surface area contributed by atoms with Crippen LogP contribution in [0.25, 0.3) is 0 Å². The van der Waals surface area contributed by atoms with Crippen LogP contribution in [-0.4, -0.2) is 16.6 Å². The van der Waals surface area contributed by atoms with Gasteiger partial charge in [-0.2, -0.15) is 5.26 Å². The van der Waals surface area contributed by atoms with Crippen LogP contribution >= 0.6 is 23.2 Å². The Kier molecular flexibility index (Phi) is 7.39. The van der Waals surface area contributed by atoms with Crippen molar-refractivity contribution in [3.05, 3.63) is 35.9 Å². The SMILES string of the molecule is ClCCl.O=C(OO)c1ccccc1. The normalized spacial score (nSPS) is 8.23. The van der Waals surface area contributed by atoms with Gasteiger partial charge in [0.25, 0.3) is 0 Å². The van der Waals surface area contributed by atoms with Gasteiger partial charge in [0.05, 0.1) is 10.9 Å². The highest BCUT2D eigenvalue weighted by Crippen LogP contribution is 1.98. The number of rotatable bonds is 1. The third-order valence-electron chi connectivity index (χ3n) is 1.09. The summed E-state index contributed by atoms with van der Waals surface area (Å²) in [5, 5.41) is 8.13. The molecule has 1 aromatic rings. The molecule has 0 aliphatic carbocycles. The van der Waals surface area contributed by atoms with Crippen LogP contribution < -0.4 is 0 Å². The number of carbonyl (C=O) groups excluding carboxylic acids is 1. The van der Waals surface area contributed by atoms with Crippen molar-refractivity contribution < 1.29 is 14.9 Å². The maximum absolute atomic E-state index is 10.5. The zero-order chi connectivity index (χ0) is 10.1. The molecule has 0 unspecified atom stereocenters. The first-order valence-electron chi connectivity index (χ1n) is 3.29. The highest BCUT2D eigenvalue weighted by Gasteiger charge is 2.02. The lowest BCUT2D eigenvalue weighted by molar-refractivity contribution is -0.182. The van der Waals surface area contributed by atoms with Crippen molar-refractivity contribution in [2.45, 2.75) is 0 Å². The van der Waals surface area contributed by atoms with Gasteiger partial charge < -0.3 is 0 Å². The molecule has 72 valence electrons. The molecular formula is C8H8Cl2O3. The Balaban J connectivity index is 0.000000424. The second-order valence-electron chi connectivity index (χ2n) is 1.85. The minimum absolute atomic E-state index is 0.194. The van der Waals surface area contributed by atoms with Crippen LogP contribution in [0.15, 0.2) is 30.3 Å². The number of carbonyl (C=O) groups is 1. The van der Waals surface area contributed by atoms with Gasteiger partial charge in [-0.05, 0) is 12.1 Å². The third kappa shape index (κ3) is 5.47. The van der Waals surface area contributed by atoms with E-state index in [0.717, 1.165) is 0 Å². The zero-order valence-corrected chi connectivity index (χ0v) is 8.13. The van der Waals surface area contributed by atoms with E-state index in [9.17, 15) is 4.79 Å². The second-order valence-corrected chi connectivity index (χ2v) is 2.65. The van der Waals surface area contributed by atoms with Gasteiger partial charge in [-0.15, -0.1) is 23.2 Å². The van der Waals surface area contributed by atoms with E-state index in [1.54, 1.807) is 30.3 Å². The Morgan fingerprint density at radius 2 is 1.77 bits per heavy atom. The summed E-state index contributed by atoms with van der Waals surface area (Å²) in [6.45, 7) is 0. The molecule has 0 spiro atoms. The number of halogens is 2. The molecule has 0 aromatic heterocycles. The first-order valence-corrected chi connectivity index (χ1v) is 4.36. The zero-order valence-electron chi connectivity index (χ0n) is 6.61. The first kappa shape index (κ1) is 12.2. The summed E-state index contributed by atoms with van der Waals surface area (Å²) < 4.78 is 0. The minimum Gasteiger partial charge on any atom is -0.296 e. The summed E-state index contributed by atoms with van der Waals surface area (Å²) in [6.07, 6.45) is 0. The van der Waals surface area contributed by atoms with Crippen LogP contribution in [0.3, 0.4) is 0 Å². The molecule has 5 heteroatoms. The van der Waals surface area contributed by atoms with Crippen molar-refractivity contribution >= 4 is 29.2 Å². The summed E-state index contributed by atoms with van der Waals surface area (Å²) in [6, 6.07) is 8.25. The van der Waals surface area contributed by atoms with Gasteiger partial charge in [-0.1, -0.05) is 18.2 Å². The number of hydrogen-bond donors (Lipinski definition) is 1. The molecule has 1 aromatic carbocycles. The van der Waals surface area contributed by atoms with E-state index >= 15 is 0 Å². The maximum atomic E-state index is 10.5. The summed E-state index contributed by atoms with van der Waals surface area (Å²) in [7, 11) is 0. The minimum atomic E-state index is -0.736. The summed E-state index contributed by atoms with van der Waals surface area (Å²) >= 11 is 9.53. The van der Waals surface area contributed by atoms with E-state index in [2.05, 4.69) is 4.89 Å². The van der Waals surface area contributed by atoms with Crippen molar-refractivity contribution in [3.8, 4) is 0 Å². The quantitative estimate of drug-likeness (QED) is 0.452. The van der Waals surface area contributed by atoms with E-state index in [1.807, 2.05) is 0 Å². The molecule has 13 heavy (non-hydrogen) atoms. The van der Waals surface area contributed by atoms with Gasteiger partial charge in [0, 0.05) is 0 Å². The van der Waals surface area contributed by atoms with Gasteiger partial charge in [0.1, 0.15) is 0 Å². The third-order valence-corrected chi connectivity index (χ3v) is 1.09. The highest BCUT2D eigenvalue weighted by atomic mass is 35.5. The van der Waals surface area contributed by atoms with Gasteiger partial charge in [-0.3, -0.25) is 4.89 Å². The average molecular weight is 223 g/mol. The molecule has 0 heterocycles. The van der Waals surface area contributed by atoms with E-state index in [-0.39, 0.29) is 5.34 Å². The molecule has 0 amide bonds. The molecule has 0 saturated heterocycles. The molecule has 0 fully saturated rings. The predicted molar refractivity (Wildman–Crippen MR) is 51.1 cm³/mol. The van der Waals surface area contributed by atoms with Gasteiger partial charge >= 0.3 is 5.97 Å². The second kappa shape index (κ2) is 7.86. The smallest absolute Gasteiger partial charge is 0.296 e. The number of benzene rings is 1. The molecule has 3 nitrogen and oxygen atoms in total. The molecule has 1 rings (SSSR count). The van der Waals surface area contributed by atoms with Crippen molar-refractivity contribution in [1.29, 1.82) is 0 Å². The number of alkyl halides is 2. The Bertz CT molecular complexity index is 238. The summed E-state index contributed by atoms with van der Waals surface area (Å²) in [5.74, 6) is -0.736. The monoisotopic (exact) mass is 222 g/mol. The predicted octanol–water partition coefficient (Wildman–Crippen LogP) is 2.74. The maximum Gasteiger partial charge on any atom is 0.372 e. The van der Waals surface area contributed by atoms with E-state index in [1.165, 1.54) is 0 Å². The summed E-state index contributed by atoms with van der Waals surface area (Å²) in [5.41, 5.74) is 0.338. The lowest BCUT2D eigenvalue weighted by atomic mass is 10.2. The van der Waals surface area contributed by atoms with Crippen molar-refractivity contribution in [2.24, 2.45) is 0 Å². The average Bonchev–Trinajstić information content (AvgIpc) is 2.19. The topological polar surface area (TPSA) is 46.5 Å². The van der Waals surface area contributed by atoms with Crippen molar-refractivity contribution in [3.63, 3.8) is 0 Å². The van der Waals surface area contributed by atoms with Crippen LogP contribution in [0.2, 0.25) is 0 Å². The molecule has 0 aliphatic rings. The molecular weight excluding hydrogens is 215 g/mol. The van der Waals surface area contributed by atoms with Crippen LogP contribution in [0.4, 0.5) is 0 Å². The fourth-order valence-electron chi connectivity index (χ4n) is 0.627. The first-order chi connectivity index (χ1) is 6.26. The van der Waals surface area contributed by atoms with Crippen molar-refractivity contribution in [1.82, 2.24) is 0 Å². The van der Waals surface area contributed by atoms with E-state index in [4.69, 9.17) is 28.5 Å². The lowest BCUT2D eigenvalue weighted by Crippen LogP contribution is -2.00. The van der Waals surface area contributed by atoms with Crippen molar-refractivity contribution in [2.75, 3.05) is 5.34 Å². The lowest BCUT2D eigenvalue weighted by Gasteiger charge is -1.92. The molecule has 0 bridgehead atoms. The summed E-state index contributed by atoms with van der Waals surface area (Å²) in [4.78, 5) is 14.0. The molecule has 0 saturated carbocycles. The standard InChI is InChI=1S/C7H6O3.CH2Cl2/c8-7(10-9)6-4-2-1-3-5-6;2-1-3/h1-5,9H;1H2. The van der Waals surface area contributed by atoms with Crippen LogP contribution in [0.5, 0.6) is 0 Å². The van der Waals surface area contributed by atoms with Crippen LogP contribution in [0.1, 0.15) is 10.4 Å². The Morgan fingerprint density at radius 3 is 2.15 bits per heavy atom. The Labute approximate surface area is 85.8 Å². The van der Waals surface area contributed by atoms with E-state index < -0.39 is 5.97 Å². The fourth-order valence-corrected chi connectivity index (χ4v) is 0.627. The molecule has 1 N–H and O–H groups in total. The van der Waals surface area contributed by atoms with Crippen LogP contribution in [0, 0.1) is 0 Å². The fraction of sp³-hybridized carbons (Fsp3) is 0.125. The van der Waals surface area contributed by atoms with Gasteiger partial charge in [-0.25, -0.2) is 4.79 Å². The van der Waals surface area contributed by atoms with Crippen LogP contribution in [-0.2, 0) is 4.89 Å². The highest BCUT2D eigenvalue weighted by molar-refractivity contribution is 6.40. The van der Waals surface area contributed by atoms with Gasteiger partial charge in [0.15, 0.2) is 0 Å². The number of hydrogen-bond acceptors (Lipinski definition) is 3. The Hall–Kier alpha value is -0.770. The largest absolute Gasteiger partial charge is 0.372 e. The molecule has 0 aliphatic heterocycles. The molecule has 0 atom stereocenters. The molecule has 0 radical (unpaired) electrons.